The minimum atomic E-state index is -0.582. The first-order chi connectivity index (χ1) is 16.6. The highest BCUT2D eigenvalue weighted by Crippen LogP contribution is 2.42. The standard InChI is InChI=1S/C26H25N3O4S/c1-2-14-33-15-13-27-17-29(28-12-11-21(30)25(31)24(28)26(27)32)23-19-8-4-3-7-18(19)16-34-22-10-6-5-9-20(22)23/h2-12,23,31H,1,13-17H2. The molecule has 3 aromatic rings. The van der Waals surface area contributed by atoms with Crippen LogP contribution in [0.4, 0.5) is 0 Å². The number of hydrogen-bond acceptors (Lipinski definition) is 6. The summed E-state index contributed by atoms with van der Waals surface area (Å²) in [6, 6.07) is 17.6. The number of fused-ring (bicyclic) bond motifs is 3. The lowest BCUT2D eigenvalue weighted by Crippen LogP contribution is -2.56. The first-order valence-electron chi connectivity index (χ1n) is 11.1. The normalized spacial score (nSPS) is 16.9. The summed E-state index contributed by atoms with van der Waals surface area (Å²) >= 11 is 1.78. The van der Waals surface area contributed by atoms with Gasteiger partial charge in [0.25, 0.3) is 5.91 Å². The molecule has 0 saturated heterocycles. The SMILES string of the molecule is C=CCOCCN1CN(C2c3ccccc3CSc3ccccc32)n2ccc(=O)c(O)c2C1=O. The molecule has 174 valence electrons. The molecule has 0 fully saturated rings. The fraction of sp³-hybridized carbons (Fsp3) is 0.231. The monoisotopic (exact) mass is 475 g/mol. The zero-order chi connectivity index (χ0) is 23.7. The van der Waals surface area contributed by atoms with Gasteiger partial charge >= 0.3 is 0 Å². The van der Waals surface area contributed by atoms with Crippen LogP contribution in [0.25, 0.3) is 0 Å². The molecule has 0 radical (unpaired) electrons. The zero-order valence-corrected chi connectivity index (χ0v) is 19.4. The van der Waals surface area contributed by atoms with E-state index in [9.17, 15) is 14.7 Å². The Morgan fingerprint density at radius 1 is 1.09 bits per heavy atom. The van der Waals surface area contributed by atoms with E-state index in [1.807, 2.05) is 29.3 Å². The van der Waals surface area contributed by atoms with E-state index in [2.05, 4.69) is 30.8 Å². The second-order valence-corrected chi connectivity index (χ2v) is 9.18. The molecule has 7 nitrogen and oxygen atoms in total. The van der Waals surface area contributed by atoms with Crippen LogP contribution in [0.15, 0.2) is 83.1 Å². The smallest absolute Gasteiger partial charge is 0.277 e. The Morgan fingerprint density at radius 2 is 1.85 bits per heavy atom. The molecule has 0 bridgehead atoms. The second-order valence-electron chi connectivity index (χ2n) is 8.16. The van der Waals surface area contributed by atoms with Crippen LogP contribution in [0, 0.1) is 0 Å². The Hall–Kier alpha value is -3.49. The van der Waals surface area contributed by atoms with Crippen LogP contribution in [0.1, 0.15) is 33.2 Å². The molecule has 1 unspecified atom stereocenters. The largest absolute Gasteiger partial charge is 0.502 e. The van der Waals surface area contributed by atoms with Crippen molar-refractivity contribution in [2.75, 3.05) is 31.4 Å². The first-order valence-corrected chi connectivity index (χ1v) is 12.1. The van der Waals surface area contributed by atoms with Gasteiger partial charge in [-0.3, -0.25) is 19.3 Å². The van der Waals surface area contributed by atoms with E-state index < -0.39 is 17.1 Å². The molecule has 1 N–H and O–H groups in total. The maximum atomic E-state index is 13.3. The molecule has 1 amide bonds. The number of nitrogens with zero attached hydrogens (tertiary/aromatic N) is 3. The Kier molecular flexibility index (Phi) is 6.17. The summed E-state index contributed by atoms with van der Waals surface area (Å²) in [7, 11) is 0. The van der Waals surface area contributed by atoms with E-state index in [0.717, 1.165) is 21.8 Å². The van der Waals surface area contributed by atoms with Crippen molar-refractivity contribution in [1.29, 1.82) is 0 Å². The van der Waals surface area contributed by atoms with Gasteiger partial charge in [0.15, 0.2) is 11.4 Å². The number of thioether (sulfide) groups is 1. The van der Waals surface area contributed by atoms with Gasteiger partial charge in [0.1, 0.15) is 6.67 Å². The van der Waals surface area contributed by atoms with Gasteiger partial charge < -0.3 is 14.7 Å². The van der Waals surface area contributed by atoms with Gasteiger partial charge in [-0.2, -0.15) is 0 Å². The number of rotatable bonds is 6. The molecule has 8 heteroatoms. The number of aromatic hydroxyl groups is 1. The Balaban J connectivity index is 1.66. The predicted molar refractivity (Wildman–Crippen MR) is 132 cm³/mol. The number of carbonyl (C=O) groups excluding carboxylic acids is 1. The number of aromatic nitrogens is 1. The molecule has 0 saturated carbocycles. The maximum Gasteiger partial charge on any atom is 0.277 e. The fourth-order valence-corrected chi connectivity index (χ4v) is 5.62. The van der Waals surface area contributed by atoms with E-state index >= 15 is 0 Å². The summed E-state index contributed by atoms with van der Waals surface area (Å²) in [6.45, 7) is 4.93. The summed E-state index contributed by atoms with van der Waals surface area (Å²) in [5, 5.41) is 12.7. The third kappa shape index (κ3) is 3.89. The Morgan fingerprint density at radius 3 is 2.68 bits per heavy atom. The van der Waals surface area contributed by atoms with Gasteiger partial charge in [-0.25, -0.2) is 0 Å². The van der Waals surface area contributed by atoms with Crippen LogP contribution in [0.3, 0.4) is 0 Å². The quantitative estimate of drug-likeness (QED) is 0.435. The van der Waals surface area contributed by atoms with Crippen molar-refractivity contribution in [2.24, 2.45) is 0 Å². The highest BCUT2D eigenvalue weighted by molar-refractivity contribution is 7.98. The average molecular weight is 476 g/mol. The molecule has 34 heavy (non-hydrogen) atoms. The lowest BCUT2D eigenvalue weighted by atomic mass is 9.94. The lowest BCUT2D eigenvalue weighted by Gasteiger charge is -2.44. The van der Waals surface area contributed by atoms with E-state index in [0.29, 0.717) is 19.8 Å². The maximum absolute atomic E-state index is 13.3. The molecule has 2 aliphatic rings. The van der Waals surface area contributed by atoms with Crippen LogP contribution in [0.2, 0.25) is 0 Å². The summed E-state index contributed by atoms with van der Waals surface area (Å²) in [4.78, 5) is 28.4. The average Bonchev–Trinajstić information content (AvgIpc) is 3.02. The lowest BCUT2D eigenvalue weighted by molar-refractivity contribution is 0.0591. The third-order valence-electron chi connectivity index (χ3n) is 6.12. The minimum Gasteiger partial charge on any atom is -0.502 e. The van der Waals surface area contributed by atoms with Gasteiger partial charge in [0.05, 0.1) is 19.3 Å². The van der Waals surface area contributed by atoms with Crippen molar-refractivity contribution < 1.29 is 14.6 Å². The number of amides is 1. The highest BCUT2D eigenvalue weighted by Gasteiger charge is 2.38. The highest BCUT2D eigenvalue weighted by atomic mass is 32.2. The molecule has 3 heterocycles. The van der Waals surface area contributed by atoms with Crippen molar-refractivity contribution in [3.8, 4) is 5.75 Å². The summed E-state index contributed by atoms with van der Waals surface area (Å²) in [6.07, 6.45) is 3.23. The van der Waals surface area contributed by atoms with Crippen molar-refractivity contribution in [1.82, 2.24) is 9.58 Å². The van der Waals surface area contributed by atoms with E-state index in [-0.39, 0.29) is 18.4 Å². The van der Waals surface area contributed by atoms with E-state index in [1.54, 1.807) is 33.6 Å². The summed E-state index contributed by atoms with van der Waals surface area (Å²) in [5.74, 6) is -0.116. The molecule has 1 aromatic heterocycles. The molecular weight excluding hydrogens is 450 g/mol. The number of ether oxygens (including phenoxy) is 1. The third-order valence-corrected chi connectivity index (χ3v) is 7.26. The van der Waals surface area contributed by atoms with Crippen molar-refractivity contribution in [3.05, 3.63) is 106 Å². The molecule has 2 aromatic carbocycles. The molecule has 0 aliphatic carbocycles. The van der Waals surface area contributed by atoms with E-state index in [1.165, 1.54) is 11.6 Å². The Bertz CT molecular complexity index is 1260. The van der Waals surface area contributed by atoms with Gasteiger partial charge in [-0.05, 0) is 22.8 Å². The topological polar surface area (TPSA) is 75.0 Å². The first kappa shape index (κ1) is 22.3. The zero-order valence-electron chi connectivity index (χ0n) is 18.6. The van der Waals surface area contributed by atoms with Gasteiger partial charge in [-0.1, -0.05) is 48.5 Å². The van der Waals surface area contributed by atoms with Crippen LogP contribution >= 0.6 is 11.8 Å². The van der Waals surface area contributed by atoms with Crippen LogP contribution < -0.4 is 10.4 Å². The number of benzene rings is 2. The van der Waals surface area contributed by atoms with Crippen LogP contribution in [-0.2, 0) is 10.5 Å². The summed E-state index contributed by atoms with van der Waals surface area (Å²) in [5.41, 5.74) is 2.83. The fourth-order valence-electron chi connectivity index (χ4n) is 4.52. The van der Waals surface area contributed by atoms with Crippen molar-refractivity contribution >= 4 is 17.7 Å². The minimum absolute atomic E-state index is 0.0330. The number of hydrogen-bond donors (Lipinski definition) is 1. The predicted octanol–water partition coefficient (Wildman–Crippen LogP) is 3.50. The van der Waals surface area contributed by atoms with Crippen molar-refractivity contribution in [2.45, 2.75) is 16.7 Å². The molecule has 5 rings (SSSR count). The summed E-state index contributed by atoms with van der Waals surface area (Å²) < 4.78 is 7.16. The number of carbonyl (C=O) groups is 1. The van der Waals surface area contributed by atoms with Gasteiger partial charge in [-0.15, -0.1) is 18.3 Å². The van der Waals surface area contributed by atoms with Gasteiger partial charge in [0.2, 0.25) is 5.43 Å². The van der Waals surface area contributed by atoms with Crippen LogP contribution in [-0.4, -0.2) is 47.0 Å². The second kappa shape index (κ2) is 9.40. The number of pyridine rings is 1. The molecular formula is C26H25N3O4S. The molecule has 2 aliphatic heterocycles. The Labute approximate surface area is 201 Å². The van der Waals surface area contributed by atoms with Crippen LogP contribution in [0.5, 0.6) is 5.75 Å². The van der Waals surface area contributed by atoms with Gasteiger partial charge in [0, 0.05) is 29.5 Å². The molecule has 1 atom stereocenters. The molecule has 0 spiro atoms. The van der Waals surface area contributed by atoms with E-state index in [4.69, 9.17) is 4.74 Å². The van der Waals surface area contributed by atoms with Crippen molar-refractivity contribution in [3.63, 3.8) is 0 Å².